The van der Waals surface area contributed by atoms with Crippen LogP contribution in [0.2, 0.25) is 0 Å². The molecule has 1 rings (SSSR count). The number of carbonyl (C=O) groups excluding carboxylic acids is 1. The second-order valence-corrected chi connectivity index (χ2v) is 9.38. The fraction of sp³-hybridized carbons (Fsp3) is 0.471. The molecule has 0 bridgehead atoms. The average Bonchev–Trinajstić information content (AvgIpc) is 2.48. The maximum absolute atomic E-state index is 11.5. The van der Waals surface area contributed by atoms with Crippen molar-refractivity contribution in [3.05, 3.63) is 30.3 Å². The first-order valence-electron chi connectivity index (χ1n) is 8.32. The summed E-state index contributed by atoms with van der Waals surface area (Å²) in [5, 5.41) is 2.71. The minimum Gasteiger partial charge on any atom is -0.493 e. The third-order valence-electron chi connectivity index (χ3n) is 3.09. The van der Waals surface area contributed by atoms with Crippen LogP contribution in [-0.4, -0.2) is 38.0 Å². The molecular weight excluding hydrogens is 370 g/mol. The van der Waals surface area contributed by atoms with Crippen LogP contribution in [0.25, 0.3) is 5.70 Å². The van der Waals surface area contributed by atoms with Gasteiger partial charge in [-0.05, 0) is 45.7 Å². The molecule has 0 radical (unpaired) electrons. The van der Waals surface area contributed by atoms with E-state index in [0.717, 1.165) is 12.8 Å². The molecule has 0 saturated heterocycles. The highest BCUT2D eigenvalue weighted by molar-refractivity contribution is 7.89. The SMILES string of the molecule is C=C(N)c1c(N[SH](=O)=[SiH2])cccc1OCCCCNC(=O)OC(C)(C)C. The van der Waals surface area contributed by atoms with Gasteiger partial charge in [-0.1, -0.05) is 12.6 Å². The highest BCUT2D eigenvalue weighted by atomic mass is 32.3. The maximum atomic E-state index is 11.5. The summed E-state index contributed by atoms with van der Waals surface area (Å²) in [7, 11) is -0.178. The molecule has 0 aromatic heterocycles. The second kappa shape index (κ2) is 10.2. The third kappa shape index (κ3) is 8.39. The Kier molecular flexibility index (Phi) is 8.66. The zero-order chi connectivity index (χ0) is 19.7. The third-order valence-corrected chi connectivity index (χ3v) is 4.05. The number of hydrogen-bond donors (Lipinski definition) is 4. The molecule has 0 aliphatic heterocycles. The minimum atomic E-state index is -1.54. The van der Waals surface area contributed by atoms with Crippen LogP contribution in [0, 0.1) is 0 Å². The van der Waals surface area contributed by atoms with Crippen molar-refractivity contribution in [3.8, 4) is 5.75 Å². The van der Waals surface area contributed by atoms with Crippen molar-refractivity contribution in [2.24, 2.45) is 5.73 Å². The Labute approximate surface area is 159 Å². The van der Waals surface area contributed by atoms with Crippen molar-refractivity contribution >= 4 is 36.4 Å². The van der Waals surface area contributed by atoms with Gasteiger partial charge in [-0.2, -0.15) is 0 Å². The van der Waals surface area contributed by atoms with E-state index < -0.39 is 21.7 Å². The van der Waals surface area contributed by atoms with Crippen LogP contribution in [0.5, 0.6) is 5.75 Å². The fourth-order valence-corrected chi connectivity index (χ4v) is 3.09. The number of thiol groups is 1. The van der Waals surface area contributed by atoms with Crippen molar-refractivity contribution < 1.29 is 18.5 Å². The zero-order valence-corrected chi connectivity index (χ0v) is 17.9. The van der Waals surface area contributed by atoms with E-state index in [1.54, 1.807) is 18.2 Å². The molecule has 1 amide bonds. The first-order valence-corrected chi connectivity index (χ1v) is 11.7. The Hall–Kier alpha value is -2.00. The lowest BCUT2D eigenvalue weighted by Gasteiger charge is -2.19. The highest BCUT2D eigenvalue weighted by Gasteiger charge is 2.15. The van der Waals surface area contributed by atoms with Gasteiger partial charge in [-0.3, -0.25) is 4.21 Å². The van der Waals surface area contributed by atoms with Crippen LogP contribution in [0.15, 0.2) is 24.8 Å². The first kappa shape index (κ1) is 22.0. The van der Waals surface area contributed by atoms with Crippen molar-refractivity contribution in [3.63, 3.8) is 0 Å². The second-order valence-electron chi connectivity index (χ2n) is 6.68. The molecule has 0 spiro atoms. The predicted octanol–water partition coefficient (Wildman–Crippen LogP) is 1.66. The molecular formula is C17H29N3O4SSi. The van der Waals surface area contributed by atoms with E-state index in [-0.39, 0.29) is 0 Å². The van der Waals surface area contributed by atoms with Gasteiger partial charge in [0.15, 0.2) is 0 Å². The van der Waals surface area contributed by atoms with E-state index in [0.29, 0.717) is 35.8 Å². The molecule has 0 heterocycles. The Morgan fingerprint density at radius 1 is 1.35 bits per heavy atom. The Morgan fingerprint density at radius 2 is 2.04 bits per heavy atom. The van der Waals surface area contributed by atoms with Gasteiger partial charge >= 0.3 is 6.09 Å². The van der Waals surface area contributed by atoms with Gasteiger partial charge in [0.1, 0.15) is 11.4 Å². The lowest BCUT2D eigenvalue weighted by atomic mass is 10.1. The fourth-order valence-electron chi connectivity index (χ4n) is 2.12. The summed E-state index contributed by atoms with van der Waals surface area (Å²) in [6.07, 6.45) is 1.07. The number of nitrogens with one attached hydrogen (secondary N) is 2. The number of carbonyl (C=O) groups is 1. The summed E-state index contributed by atoms with van der Waals surface area (Å²) in [6.45, 7) is 10.2. The van der Waals surface area contributed by atoms with E-state index in [9.17, 15) is 9.00 Å². The smallest absolute Gasteiger partial charge is 0.407 e. The van der Waals surface area contributed by atoms with E-state index >= 15 is 0 Å². The lowest BCUT2D eigenvalue weighted by molar-refractivity contribution is 0.0526. The monoisotopic (exact) mass is 399 g/mol. The van der Waals surface area contributed by atoms with Gasteiger partial charge in [-0.25, -0.2) is 4.79 Å². The van der Waals surface area contributed by atoms with Crippen molar-refractivity contribution in [2.75, 3.05) is 17.9 Å². The Morgan fingerprint density at radius 3 is 2.62 bits per heavy atom. The van der Waals surface area contributed by atoms with Gasteiger partial charge < -0.3 is 25.2 Å². The van der Waals surface area contributed by atoms with E-state index in [1.165, 1.54) is 8.95 Å². The normalized spacial score (nSPS) is 12.1. The standard InChI is InChI=1S/C17H29N3O4SSi/c1-12(18)15-13(20-25(22)26)8-7-9-14(15)23-11-6-5-10-19-16(21)24-17(2,3)4/h7-9,25H,1,5-6,10-11,18,26H2,2-4H3,(H,19,21)(H,20,22). The quantitative estimate of drug-likeness (QED) is 0.287. The van der Waals surface area contributed by atoms with Crippen LogP contribution in [-0.2, 0) is 14.7 Å². The number of alkyl carbamates (subject to hydrolysis) is 1. The number of ether oxygens (including phenoxy) is 2. The molecule has 1 atom stereocenters. The van der Waals surface area contributed by atoms with Crippen LogP contribution in [0.1, 0.15) is 39.2 Å². The van der Waals surface area contributed by atoms with Gasteiger partial charge in [0, 0.05) is 22.2 Å². The number of rotatable bonds is 9. The van der Waals surface area contributed by atoms with E-state index in [1.807, 2.05) is 20.8 Å². The number of nitrogens with two attached hydrogens (primary N) is 1. The van der Waals surface area contributed by atoms with Crippen LogP contribution < -0.4 is 20.5 Å². The van der Waals surface area contributed by atoms with E-state index in [2.05, 4.69) is 16.6 Å². The molecule has 0 fully saturated rings. The Bertz CT molecular complexity index is 706. The molecule has 7 nitrogen and oxygen atoms in total. The number of hydrogen-bond acceptors (Lipinski definition) is 5. The Balaban J connectivity index is 2.48. The molecule has 26 heavy (non-hydrogen) atoms. The molecule has 1 aromatic rings. The molecule has 146 valence electrons. The molecule has 0 aliphatic rings. The molecule has 1 aromatic carbocycles. The topological polar surface area (TPSA) is 103 Å². The summed E-state index contributed by atoms with van der Waals surface area (Å²) in [4.78, 5) is 11.5. The summed E-state index contributed by atoms with van der Waals surface area (Å²) in [6, 6.07) is 5.38. The molecule has 0 saturated carbocycles. The van der Waals surface area contributed by atoms with E-state index in [4.69, 9.17) is 15.2 Å². The van der Waals surface area contributed by atoms with Crippen LogP contribution in [0.3, 0.4) is 0 Å². The van der Waals surface area contributed by atoms with Crippen molar-refractivity contribution in [1.82, 2.24) is 5.32 Å². The first-order chi connectivity index (χ1) is 12.1. The molecule has 4 N–H and O–H groups in total. The molecule has 1 unspecified atom stereocenters. The van der Waals surface area contributed by atoms with Crippen LogP contribution >= 0.6 is 0 Å². The predicted molar refractivity (Wildman–Crippen MR) is 110 cm³/mol. The number of anilines is 1. The summed E-state index contributed by atoms with van der Waals surface area (Å²) < 4.78 is 25.3. The van der Waals surface area contributed by atoms with Gasteiger partial charge in [0.05, 0.1) is 26.8 Å². The highest BCUT2D eigenvalue weighted by Crippen LogP contribution is 2.30. The lowest BCUT2D eigenvalue weighted by Crippen LogP contribution is -2.33. The molecule has 0 aliphatic carbocycles. The average molecular weight is 400 g/mol. The van der Waals surface area contributed by atoms with Crippen LogP contribution in [0.4, 0.5) is 10.5 Å². The van der Waals surface area contributed by atoms with Gasteiger partial charge in [0.2, 0.25) is 0 Å². The number of amides is 1. The van der Waals surface area contributed by atoms with Gasteiger partial charge in [-0.15, -0.1) is 0 Å². The summed E-state index contributed by atoms with van der Waals surface area (Å²) >= 11 is 0. The summed E-state index contributed by atoms with van der Waals surface area (Å²) in [5.41, 5.74) is 6.95. The van der Waals surface area contributed by atoms with Crippen molar-refractivity contribution in [1.29, 1.82) is 0 Å². The number of unbranched alkanes of at least 4 members (excludes halogenated alkanes) is 1. The number of benzene rings is 1. The summed E-state index contributed by atoms with van der Waals surface area (Å²) in [5.74, 6) is 0.586. The minimum absolute atomic E-state index is 0.342. The molecule has 9 heteroatoms. The zero-order valence-electron chi connectivity index (χ0n) is 15.6. The largest absolute Gasteiger partial charge is 0.493 e. The maximum Gasteiger partial charge on any atom is 0.407 e. The van der Waals surface area contributed by atoms with Crippen molar-refractivity contribution in [2.45, 2.75) is 39.2 Å². The van der Waals surface area contributed by atoms with Gasteiger partial charge in [0.25, 0.3) is 0 Å².